The topological polar surface area (TPSA) is 16.1 Å². The molecule has 0 saturated carbocycles. The molecule has 0 N–H and O–H groups in total. The summed E-state index contributed by atoms with van der Waals surface area (Å²) < 4.78 is 0. The molecular weight excluding hydrogens is 244 g/mol. The van der Waals surface area contributed by atoms with Crippen LogP contribution in [-0.2, 0) is 13.0 Å². The highest BCUT2D eigenvalue weighted by Gasteiger charge is 2.04. The summed E-state index contributed by atoms with van der Waals surface area (Å²) >= 11 is 6.15. The summed E-state index contributed by atoms with van der Waals surface area (Å²) in [7, 11) is 2.12. The zero-order chi connectivity index (χ0) is 12.8. The van der Waals surface area contributed by atoms with Crippen molar-refractivity contribution >= 4 is 11.6 Å². The summed E-state index contributed by atoms with van der Waals surface area (Å²) in [5.41, 5.74) is 2.49. The van der Waals surface area contributed by atoms with Gasteiger partial charge in [-0.2, -0.15) is 0 Å². The highest BCUT2D eigenvalue weighted by molar-refractivity contribution is 6.31. The minimum atomic E-state index is 0.841. The Balaban J connectivity index is 1.86. The predicted octanol–water partition coefficient (Wildman–Crippen LogP) is 3.41. The van der Waals surface area contributed by atoms with Crippen molar-refractivity contribution < 1.29 is 0 Å². The number of likely N-dealkylation sites (N-methyl/N-ethyl adjacent to an activating group) is 1. The summed E-state index contributed by atoms with van der Waals surface area (Å²) in [4.78, 5) is 6.30. The van der Waals surface area contributed by atoms with E-state index in [2.05, 4.69) is 35.1 Å². The Morgan fingerprint density at radius 2 is 1.83 bits per heavy atom. The molecule has 0 saturated heterocycles. The Kier molecular flexibility index (Phi) is 4.73. The van der Waals surface area contributed by atoms with E-state index in [0.717, 1.165) is 24.5 Å². The lowest BCUT2D eigenvalue weighted by Gasteiger charge is -2.17. The largest absolute Gasteiger partial charge is 0.302 e. The van der Waals surface area contributed by atoms with Crippen molar-refractivity contribution in [3.63, 3.8) is 0 Å². The van der Waals surface area contributed by atoms with Gasteiger partial charge in [0.15, 0.2) is 0 Å². The van der Waals surface area contributed by atoms with Gasteiger partial charge in [0.05, 0.1) is 0 Å². The molecule has 1 heterocycles. The van der Waals surface area contributed by atoms with Gasteiger partial charge in [-0.1, -0.05) is 29.8 Å². The predicted molar refractivity (Wildman–Crippen MR) is 75.7 cm³/mol. The highest BCUT2D eigenvalue weighted by Crippen LogP contribution is 2.16. The lowest BCUT2D eigenvalue weighted by molar-refractivity contribution is 0.331. The van der Waals surface area contributed by atoms with Crippen molar-refractivity contribution in [2.75, 3.05) is 13.6 Å². The van der Waals surface area contributed by atoms with E-state index in [1.807, 2.05) is 30.6 Å². The van der Waals surface area contributed by atoms with Crippen LogP contribution in [0.1, 0.15) is 11.1 Å². The maximum atomic E-state index is 6.15. The number of rotatable bonds is 5. The first-order valence-corrected chi connectivity index (χ1v) is 6.44. The third-order valence-electron chi connectivity index (χ3n) is 2.93. The van der Waals surface area contributed by atoms with Crippen molar-refractivity contribution in [3.05, 3.63) is 64.9 Å². The fourth-order valence-electron chi connectivity index (χ4n) is 1.87. The minimum Gasteiger partial charge on any atom is -0.302 e. The van der Waals surface area contributed by atoms with E-state index >= 15 is 0 Å². The molecule has 0 atom stereocenters. The minimum absolute atomic E-state index is 0.841. The second-order valence-corrected chi connectivity index (χ2v) is 4.84. The molecule has 3 heteroatoms. The Morgan fingerprint density at radius 1 is 1.11 bits per heavy atom. The van der Waals surface area contributed by atoms with E-state index in [0.29, 0.717) is 0 Å². The number of aromatic nitrogens is 1. The van der Waals surface area contributed by atoms with E-state index in [-0.39, 0.29) is 0 Å². The maximum Gasteiger partial charge on any atom is 0.0451 e. The van der Waals surface area contributed by atoms with E-state index in [9.17, 15) is 0 Å². The number of nitrogens with zero attached hydrogens (tertiary/aromatic N) is 2. The molecule has 0 spiro atoms. The number of pyridine rings is 1. The molecule has 0 bridgehead atoms. The first-order valence-electron chi connectivity index (χ1n) is 6.06. The molecule has 0 fully saturated rings. The molecule has 2 aromatic rings. The molecule has 2 rings (SSSR count). The molecule has 0 amide bonds. The molecule has 18 heavy (non-hydrogen) atoms. The van der Waals surface area contributed by atoms with Gasteiger partial charge in [0.1, 0.15) is 0 Å². The summed E-state index contributed by atoms with van der Waals surface area (Å²) in [6.07, 6.45) is 4.70. The molecule has 0 aliphatic carbocycles. The zero-order valence-electron chi connectivity index (χ0n) is 10.5. The van der Waals surface area contributed by atoms with E-state index in [4.69, 9.17) is 11.6 Å². The molecular formula is C15H17ClN2. The Morgan fingerprint density at radius 3 is 2.56 bits per heavy atom. The molecule has 0 radical (unpaired) electrons. The van der Waals surface area contributed by atoms with Gasteiger partial charge in [-0.25, -0.2) is 0 Å². The van der Waals surface area contributed by atoms with Gasteiger partial charge in [-0.3, -0.25) is 4.98 Å². The standard InChI is InChI=1S/C15H17ClN2/c1-18(11-8-13-6-9-17-10-7-13)12-14-4-2-3-5-15(14)16/h2-7,9-10H,8,11-12H2,1H3. The van der Waals surface area contributed by atoms with Crippen LogP contribution in [0.2, 0.25) is 5.02 Å². The van der Waals surface area contributed by atoms with Crippen LogP contribution < -0.4 is 0 Å². The van der Waals surface area contributed by atoms with Crippen LogP contribution in [0.15, 0.2) is 48.8 Å². The third-order valence-corrected chi connectivity index (χ3v) is 3.30. The molecule has 94 valence electrons. The summed E-state index contributed by atoms with van der Waals surface area (Å²) in [6.45, 7) is 1.89. The van der Waals surface area contributed by atoms with Gasteiger partial charge in [-0.15, -0.1) is 0 Å². The van der Waals surface area contributed by atoms with Crippen molar-refractivity contribution in [3.8, 4) is 0 Å². The van der Waals surface area contributed by atoms with E-state index in [1.165, 1.54) is 11.1 Å². The van der Waals surface area contributed by atoms with Crippen LogP contribution in [-0.4, -0.2) is 23.5 Å². The van der Waals surface area contributed by atoms with Gasteiger partial charge >= 0.3 is 0 Å². The lowest BCUT2D eigenvalue weighted by Crippen LogP contribution is -2.20. The van der Waals surface area contributed by atoms with Crippen molar-refractivity contribution in [1.82, 2.24) is 9.88 Å². The number of hydrogen-bond donors (Lipinski definition) is 0. The number of halogens is 1. The SMILES string of the molecule is CN(CCc1ccncc1)Cc1ccccc1Cl. The third kappa shape index (κ3) is 3.83. The second kappa shape index (κ2) is 6.53. The van der Waals surface area contributed by atoms with Gasteiger partial charge in [0.2, 0.25) is 0 Å². The molecule has 2 nitrogen and oxygen atoms in total. The number of benzene rings is 1. The zero-order valence-corrected chi connectivity index (χ0v) is 11.3. The number of hydrogen-bond acceptors (Lipinski definition) is 2. The lowest BCUT2D eigenvalue weighted by atomic mass is 10.1. The molecule has 1 aromatic heterocycles. The maximum absolute atomic E-state index is 6.15. The normalized spacial score (nSPS) is 10.8. The van der Waals surface area contributed by atoms with E-state index < -0.39 is 0 Å². The van der Waals surface area contributed by atoms with Gasteiger partial charge in [0.25, 0.3) is 0 Å². The van der Waals surface area contributed by atoms with Crippen LogP contribution in [0.3, 0.4) is 0 Å². The van der Waals surface area contributed by atoms with Crippen LogP contribution in [0, 0.1) is 0 Å². The van der Waals surface area contributed by atoms with Crippen molar-refractivity contribution in [2.24, 2.45) is 0 Å². The summed E-state index contributed by atoms with van der Waals surface area (Å²) in [5, 5.41) is 0.841. The monoisotopic (exact) mass is 260 g/mol. The average Bonchev–Trinajstić information content (AvgIpc) is 2.40. The van der Waals surface area contributed by atoms with Crippen LogP contribution in [0.5, 0.6) is 0 Å². The molecule has 0 aliphatic rings. The van der Waals surface area contributed by atoms with Crippen LogP contribution in [0.4, 0.5) is 0 Å². The summed E-state index contributed by atoms with van der Waals surface area (Å²) in [5.74, 6) is 0. The molecule has 0 unspecified atom stereocenters. The smallest absolute Gasteiger partial charge is 0.0451 e. The fraction of sp³-hybridized carbons (Fsp3) is 0.267. The second-order valence-electron chi connectivity index (χ2n) is 4.43. The Hall–Kier alpha value is -1.38. The van der Waals surface area contributed by atoms with Crippen molar-refractivity contribution in [2.45, 2.75) is 13.0 Å². The molecule has 1 aromatic carbocycles. The first kappa shape index (κ1) is 13.1. The van der Waals surface area contributed by atoms with E-state index in [1.54, 1.807) is 0 Å². The average molecular weight is 261 g/mol. The summed E-state index contributed by atoms with van der Waals surface area (Å²) in [6, 6.07) is 12.1. The van der Waals surface area contributed by atoms with Gasteiger partial charge in [-0.05, 0) is 42.8 Å². The highest BCUT2D eigenvalue weighted by atomic mass is 35.5. The Bertz CT molecular complexity index is 485. The first-order chi connectivity index (χ1) is 8.75. The fourth-order valence-corrected chi connectivity index (χ4v) is 2.06. The van der Waals surface area contributed by atoms with Gasteiger partial charge < -0.3 is 4.90 Å². The Labute approximate surface area is 113 Å². The van der Waals surface area contributed by atoms with Crippen LogP contribution in [0.25, 0.3) is 0 Å². The van der Waals surface area contributed by atoms with Crippen LogP contribution >= 0.6 is 11.6 Å². The van der Waals surface area contributed by atoms with Crippen molar-refractivity contribution in [1.29, 1.82) is 0 Å². The molecule has 0 aliphatic heterocycles. The quantitative estimate of drug-likeness (QED) is 0.819. The van der Waals surface area contributed by atoms with Gasteiger partial charge in [0, 0.05) is 30.5 Å².